The van der Waals surface area contributed by atoms with E-state index in [-0.39, 0.29) is 0 Å². The highest BCUT2D eigenvalue weighted by Crippen LogP contribution is 2.29. The van der Waals surface area contributed by atoms with Crippen molar-refractivity contribution in [2.24, 2.45) is 5.92 Å². The predicted molar refractivity (Wildman–Crippen MR) is 65.3 cm³/mol. The molecule has 1 N–H and O–H groups in total. The Bertz CT molecular complexity index is 375. The van der Waals surface area contributed by atoms with Gasteiger partial charge < -0.3 is 15.0 Å². The first-order valence-electron chi connectivity index (χ1n) is 6.32. The van der Waals surface area contributed by atoms with Gasteiger partial charge in [-0.1, -0.05) is 0 Å². The Morgan fingerprint density at radius 1 is 1.29 bits per heavy atom. The fourth-order valence-electron chi connectivity index (χ4n) is 1.96. The van der Waals surface area contributed by atoms with Gasteiger partial charge in [0, 0.05) is 32.2 Å². The molecule has 17 heavy (non-hydrogen) atoms. The zero-order valence-corrected chi connectivity index (χ0v) is 9.93. The van der Waals surface area contributed by atoms with E-state index in [1.165, 1.54) is 12.8 Å². The van der Waals surface area contributed by atoms with Crippen molar-refractivity contribution in [1.29, 1.82) is 0 Å². The second-order valence-electron chi connectivity index (χ2n) is 4.71. The summed E-state index contributed by atoms with van der Waals surface area (Å²) in [7, 11) is 0. The van der Waals surface area contributed by atoms with E-state index in [4.69, 9.17) is 4.74 Å². The number of ether oxygens (including phenoxy) is 1. The monoisotopic (exact) mass is 234 g/mol. The lowest BCUT2D eigenvalue weighted by molar-refractivity contribution is 0.288. The maximum atomic E-state index is 5.67. The zero-order valence-electron chi connectivity index (χ0n) is 9.93. The molecule has 2 fully saturated rings. The third-order valence-corrected chi connectivity index (χ3v) is 3.23. The molecular weight excluding hydrogens is 216 g/mol. The number of anilines is 1. The largest absolute Gasteiger partial charge is 0.477 e. The molecule has 0 spiro atoms. The van der Waals surface area contributed by atoms with E-state index >= 15 is 0 Å². The molecule has 0 unspecified atom stereocenters. The Kier molecular flexibility index (Phi) is 3.09. The van der Waals surface area contributed by atoms with Crippen molar-refractivity contribution in [1.82, 2.24) is 15.3 Å². The third-order valence-electron chi connectivity index (χ3n) is 3.23. The summed E-state index contributed by atoms with van der Waals surface area (Å²) in [5.41, 5.74) is 0. The second kappa shape index (κ2) is 4.87. The minimum Gasteiger partial charge on any atom is -0.477 e. The van der Waals surface area contributed by atoms with Gasteiger partial charge in [-0.2, -0.15) is 0 Å². The van der Waals surface area contributed by atoms with Crippen molar-refractivity contribution < 1.29 is 4.74 Å². The standard InChI is InChI=1S/C12H18N4O/c1-2-10(1)8-17-12-7-11(14-9-15-12)16-5-3-13-4-6-16/h7,9-10,13H,1-6,8H2. The van der Waals surface area contributed by atoms with Gasteiger partial charge in [-0.25, -0.2) is 9.97 Å². The zero-order chi connectivity index (χ0) is 11.5. The molecule has 1 saturated heterocycles. The summed E-state index contributed by atoms with van der Waals surface area (Å²) in [6.07, 6.45) is 4.20. The average Bonchev–Trinajstić information content (AvgIpc) is 3.22. The molecule has 5 nitrogen and oxygen atoms in total. The number of hydrogen-bond acceptors (Lipinski definition) is 5. The van der Waals surface area contributed by atoms with Crippen molar-refractivity contribution in [3.8, 4) is 5.88 Å². The SMILES string of the molecule is c1nc(OCC2CC2)cc(N2CCNCC2)n1. The summed E-state index contributed by atoms with van der Waals surface area (Å²) in [6, 6.07) is 1.95. The van der Waals surface area contributed by atoms with Gasteiger partial charge in [0.1, 0.15) is 12.1 Å². The summed E-state index contributed by atoms with van der Waals surface area (Å²) < 4.78 is 5.67. The van der Waals surface area contributed by atoms with E-state index in [2.05, 4.69) is 20.2 Å². The summed E-state index contributed by atoms with van der Waals surface area (Å²) in [4.78, 5) is 10.7. The minimum atomic E-state index is 0.709. The highest BCUT2D eigenvalue weighted by atomic mass is 16.5. The topological polar surface area (TPSA) is 50.3 Å². The number of nitrogens with zero attached hydrogens (tertiary/aromatic N) is 3. The molecule has 3 rings (SSSR count). The molecule has 1 aromatic rings. The first-order valence-corrected chi connectivity index (χ1v) is 6.32. The molecule has 0 amide bonds. The van der Waals surface area contributed by atoms with Gasteiger partial charge >= 0.3 is 0 Å². The van der Waals surface area contributed by atoms with Crippen LogP contribution in [0.15, 0.2) is 12.4 Å². The molecule has 0 aromatic carbocycles. The molecule has 0 atom stereocenters. The van der Waals surface area contributed by atoms with Crippen LogP contribution in [0, 0.1) is 5.92 Å². The molecule has 2 aliphatic rings. The van der Waals surface area contributed by atoms with E-state index < -0.39 is 0 Å². The molecule has 1 saturated carbocycles. The lowest BCUT2D eigenvalue weighted by Gasteiger charge is -2.28. The van der Waals surface area contributed by atoms with Crippen LogP contribution in [0.5, 0.6) is 5.88 Å². The van der Waals surface area contributed by atoms with Crippen LogP contribution in [-0.2, 0) is 0 Å². The maximum Gasteiger partial charge on any atom is 0.218 e. The van der Waals surface area contributed by atoms with Gasteiger partial charge in [0.25, 0.3) is 0 Å². The van der Waals surface area contributed by atoms with E-state index in [0.717, 1.165) is 44.5 Å². The van der Waals surface area contributed by atoms with E-state index in [0.29, 0.717) is 5.88 Å². The molecule has 5 heteroatoms. The molecule has 1 aliphatic heterocycles. The van der Waals surface area contributed by atoms with Gasteiger partial charge in [0.2, 0.25) is 5.88 Å². The Hall–Kier alpha value is -1.36. The molecule has 2 heterocycles. The van der Waals surface area contributed by atoms with E-state index in [9.17, 15) is 0 Å². The Labute approximate surface area is 101 Å². The number of rotatable bonds is 4. The van der Waals surface area contributed by atoms with Crippen molar-refractivity contribution in [2.75, 3.05) is 37.7 Å². The van der Waals surface area contributed by atoms with E-state index in [1.807, 2.05) is 6.07 Å². The number of nitrogens with one attached hydrogen (secondary N) is 1. The van der Waals surface area contributed by atoms with Crippen LogP contribution >= 0.6 is 0 Å². The number of hydrogen-bond donors (Lipinski definition) is 1. The average molecular weight is 234 g/mol. The van der Waals surface area contributed by atoms with Gasteiger partial charge in [0.05, 0.1) is 6.61 Å². The molecule has 1 aliphatic carbocycles. The van der Waals surface area contributed by atoms with Crippen LogP contribution < -0.4 is 15.0 Å². The fraction of sp³-hybridized carbons (Fsp3) is 0.667. The first kappa shape index (κ1) is 10.8. The normalized spacial score (nSPS) is 20.4. The van der Waals surface area contributed by atoms with Gasteiger partial charge in [0.15, 0.2) is 0 Å². The predicted octanol–water partition coefficient (Wildman–Crippen LogP) is 0.675. The number of piperazine rings is 1. The Balaban J connectivity index is 1.64. The Morgan fingerprint density at radius 2 is 2.12 bits per heavy atom. The second-order valence-corrected chi connectivity index (χ2v) is 4.71. The molecular formula is C12H18N4O. The van der Waals surface area contributed by atoms with Crippen LogP contribution in [0.4, 0.5) is 5.82 Å². The van der Waals surface area contributed by atoms with Crippen LogP contribution in [0.1, 0.15) is 12.8 Å². The smallest absolute Gasteiger partial charge is 0.218 e. The molecule has 0 radical (unpaired) electrons. The highest BCUT2D eigenvalue weighted by molar-refractivity contribution is 5.41. The Morgan fingerprint density at radius 3 is 2.88 bits per heavy atom. The lowest BCUT2D eigenvalue weighted by atomic mass is 10.3. The van der Waals surface area contributed by atoms with Gasteiger partial charge in [-0.3, -0.25) is 0 Å². The van der Waals surface area contributed by atoms with Crippen molar-refractivity contribution in [3.63, 3.8) is 0 Å². The summed E-state index contributed by atoms with van der Waals surface area (Å²) in [6.45, 7) is 4.83. The highest BCUT2D eigenvalue weighted by Gasteiger charge is 2.22. The molecule has 92 valence electrons. The minimum absolute atomic E-state index is 0.709. The van der Waals surface area contributed by atoms with Crippen molar-refractivity contribution in [3.05, 3.63) is 12.4 Å². The van der Waals surface area contributed by atoms with Crippen LogP contribution in [0.25, 0.3) is 0 Å². The van der Waals surface area contributed by atoms with E-state index in [1.54, 1.807) is 6.33 Å². The lowest BCUT2D eigenvalue weighted by Crippen LogP contribution is -2.43. The van der Waals surface area contributed by atoms with Gasteiger partial charge in [-0.15, -0.1) is 0 Å². The van der Waals surface area contributed by atoms with Crippen LogP contribution in [0.2, 0.25) is 0 Å². The first-order chi connectivity index (χ1) is 8.42. The third kappa shape index (κ3) is 2.85. The van der Waals surface area contributed by atoms with Crippen molar-refractivity contribution in [2.45, 2.75) is 12.8 Å². The maximum absolute atomic E-state index is 5.67. The fourth-order valence-corrected chi connectivity index (χ4v) is 1.96. The van der Waals surface area contributed by atoms with Crippen LogP contribution in [0.3, 0.4) is 0 Å². The summed E-state index contributed by atoms with van der Waals surface area (Å²) in [5.74, 6) is 2.44. The quantitative estimate of drug-likeness (QED) is 0.830. The molecule has 0 bridgehead atoms. The summed E-state index contributed by atoms with van der Waals surface area (Å²) in [5, 5.41) is 3.33. The summed E-state index contributed by atoms with van der Waals surface area (Å²) >= 11 is 0. The van der Waals surface area contributed by atoms with Crippen LogP contribution in [-0.4, -0.2) is 42.8 Å². The van der Waals surface area contributed by atoms with Crippen molar-refractivity contribution >= 4 is 5.82 Å². The number of aromatic nitrogens is 2. The van der Waals surface area contributed by atoms with Gasteiger partial charge in [-0.05, 0) is 18.8 Å². The molecule has 1 aromatic heterocycles.